The highest BCUT2D eigenvalue weighted by atomic mass is 16.5. The minimum Gasteiger partial charge on any atom is -0.493 e. The quantitative estimate of drug-likeness (QED) is 0.849. The molecule has 2 aliphatic rings. The molecule has 4 nitrogen and oxygen atoms in total. The number of fused-ring (bicyclic) bond motifs is 2. The third kappa shape index (κ3) is 2.37. The highest BCUT2D eigenvalue weighted by Gasteiger charge is 2.39. The fourth-order valence-electron chi connectivity index (χ4n) is 3.42. The summed E-state index contributed by atoms with van der Waals surface area (Å²) in [6.45, 7) is 0. The van der Waals surface area contributed by atoms with Crippen LogP contribution in [0.15, 0.2) is 18.2 Å². The second-order valence-electron chi connectivity index (χ2n) is 5.67. The van der Waals surface area contributed by atoms with E-state index in [9.17, 15) is 0 Å². The number of hydrogen-bond donors (Lipinski definition) is 1. The third-order valence-electron chi connectivity index (χ3n) is 4.54. The van der Waals surface area contributed by atoms with Crippen molar-refractivity contribution < 1.29 is 9.47 Å². The van der Waals surface area contributed by atoms with Crippen LogP contribution < -0.4 is 15.2 Å². The Morgan fingerprint density at radius 2 is 1.84 bits per heavy atom. The van der Waals surface area contributed by atoms with E-state index < -0.39 is 0 Å². The molecule has 2 atom stereocenters. The molecule has 0 aliphatic carbocycles. The van der Waals surface area contributed by atoms with Crippen molar-refractivity contribution in [3.05, 3.63) is 18.2 Å². The topological polar surface area (TPSA) is 47.7 Å². The van der Waals surface area contributed by atoms with Crippen molar-refractivity contribution in [3.63, 3.8) is 0 Å². The average molecular weight is 262 g/mol. The van der Waals surface area contributed by atoms with Crippen molar-refractivity contribution in [2.75, 3.05) is 19.9 Å². The fraction of sp³-hybridized carbons (Fsp3) is 0.600. The molecule has 3 rings (SSSR count). The number of nitrogens with zero attached hydrogens (tertiary/aromatic N) is 1. The maximum Gasteiger partial charge on any atom is 0.162 e. The lowest BCUT2D eigenvalue weighted by Gasteiger charge is -2.36. The Balaban J connectivity index is 1.72. The van der Waals surface area contributed by atoms with Crippen molar-refractivity contribution in [3.8, 4) is 11.5 Å². The Morgan fingerprint density at radius 3 is 2.47 bits per heavy atom. The number of methoxy groups -OCH3 is 1. The first-order valence-electron chi connectivity index (χ1n) is 6.99. The number of nitrogens with two attached hydrogens (primary N) is 1. The number of piperidine rings is 1. The van der Waals surface area contributed by atoms with E-state index in [1.54, 1.807) is 7.11 Å². The molecule has 4 heteroatoms. The molecule has 2 aliphatic heterocycles. The lowest BCUT2D eigenvalue weighted by atomic mass is 10.0. The van der Waals surface area contributed by atoms with Crippen LogP contribution in [-0.2, 0) is 0 Å². The maximum absolute atomic E-state index is 6.15. The van der Waals surface area contributed by atoms with E-state index in [2.05, 4.69) is 11.9 Å². The average Bonchev–Trinajstić information content (AvgIpc) is 2.64. The molecule has 0 radical (unpaired) electrons. The Hall–Kier alpha value is -1.42. The first-order valence-corrected chi connectivity index (χ1v) is 6.99. The lowest BCUT2D eigenvalue weighted by Crippen LogP contribution is -2.43. The van der Waals surface area contributed by atoms with Gasteiger partial charge in [-0.15, -0.1) is 0 Å². The molecule has 2 bridgehead atoms. The predicted octanol–water partition coefficient (Wildman–Crippen LogP) is 2.28. The number of hydrogen-bond acceptors (Lipinski definition) is 4. The van der Waals surface area contributed by atoms with Gasteiger partial charge >= 0.3 is 0 Å². The molecule has 2 fully saturated rings. The first-order chi connectivity index (χ1) is 9.17. The standard InChI is InChI=1S/C15H22N2O2/c1-17-11-4-5-12(17)9-13(8-11)19-14-6-3-10(16)7-15(14)18-2/h3,6-7,11-13H,4-5,8-9,16H2,1-2H3. The number of nitrogen functional groups attached to an aromatic ring is 1. The van der Waals surface area contributed by atoms with Gasteiger partial charge in [0, 0.05) is 23.8 Å². The molecule has 2 heterocycles. The second kappa shape index (κ2) is 4.93. The molecule has 0 saturated carbocycles. The van der Waals surface area contributed by atoms with E-state index in [1.165, 1.54) is 12.8 Å². The lowest BCUT2D eigenvalue weighted by molar-refractivity contribution is 0.0643. The summed E-state index contributed by atoms with van der Waals surface area (Å²) in [6, 6.07) is 6.96. The van der Waals surface area contributed by atoms with Crippen LogP contribution in [0.1, 0.15) is 25.7 Å². The van der Waals surface area contributed by atoms with E-state index in [0.717, 1.165) is 24.3 Å². The summed E-state index contributed by atoms with van der Waals surface area (Å²) in [5.74, 6) is 1.54. The summed E-state index contributed by atoms with van der Waals surface area (Å²) in [5.41, 5.74) is 6.47. The molecule has 2 unspecified atom stereocenters. The minimum absolute atomic E-state index is 0.297. The van der Waals surface area contributed by atoms with Crippen LogP contribution in [0.4, 0.5) is 5.69 Å². The van der Waals surface area contributed by atoms with E-state index in [0.29, 0.717) is 23.9 Å². The Labute approximate surface area is 114 Å². The molecule has 2 N–H and O–H groups in total. The molecule has 104 valence electrons. The van der Waals surface area contributed by atoms with Gasteiger partial charge < -0.3 is 20.1 Å². The maximum atomic E-state index is 6.15. The van der Waals surface area contributed by atoms with Gasteiger partial charge in [0.05, 0.1) is 7.11 Å². The minimum atomic E-state index is 0.297. The summed E-state index contributed by atoms with van der Waals surface area (Å²) in [6.07, 6.45) is 5.13. The summed E-state index contributed by atoms with van der Waals surface area (Å²) in [4.78, 5) is 2.51. The van der Waals surface area contributed by atoms with E-state index in [1.807, 2.05) is 18.2 Å². The van der Waals surface area contributed by atoms with Gasteiger partial charge in [0.25, 0.3) is 0 Å². The Morgan fingerprint density at radius 1 is 1.16 bits per heavy atom. The summed E-state index contributed by atoms with van der Waals surface area (Å²) in [7, 11) is 3.89. The molecular weight excluding hydrogens is 240 g/mol. The molecule has 0 spiro atoms. The molecule has 1 aromatic carbocycles. The zero-order chi connectivity index (χ0) is 13.4. The van der Waals surface area contributed by atoms with E-state index in [-0.39, 0.29) is 0 Å². The molecule has 2 saturated heterocycles. The SMILES string of the molecule is COc1cc(N)ccc1OC1CC2CCC(C1)N2C. The van der Waals surface area contributed by atoms with Crippen molar-refractivity contribution in [1.29, 1.82) is 0 Å². The van der Waals surface area contributed by atoms with Crippen LogP contribution in [0.25, 0.3) is 0 Å². The fourth-order valence-corrected chi connectivity index (χ4v) is 3.42. The largest absolute Gasteiger partial charge is 0.493 e. The highest BCUT2D eigenvalue weighted by molar-refractivity contribution is 5.52. The van der Waals surface area contributed by atoms with Crippen LogP contribution >= 0.6 is 0 Å². The van der Waals surface area contributed by atoms with Crippen molar-refractivity contribution >= 4 is 5.69 Å². The van der Waals surface area contributed by atoms with Crippen molar-refractivity contribution in [1.82, 2.24) is 4.90 Å². The van der Waals surface area contributed by atoms with Gasteiger partial charge in [-0.2, -0.15) is 0 Å². The smallest absolute Gasteiger partial charge is 0.162 e. The highest BCUT2D eigenvalue weighted by Crippen LogP contribution is 2.38. The summed E-state index contributed by atoms with van der Waals surface area (Å²) in [5, 5.41) is 0. The normalized spacial score (nSPS) is 30.3. The summed E-state index contributed by atoms with van der Waals surface area (Å²) < 4.78 is 11.5. The van der Waals surface area contributed by atoms with Gasteiger partial charge in [-0.25, -0.2) is 0 Å². The van der Waals surface area contributed by atoms with Gasteiger partial charge in [-0.05, 0) is 44.9 Å². The Bertz CT molecular complexity index is 449. The number of ether oxygens (including phenoxy) is 2. The second-order valence-corrected chi connectivity index (χ2v) is 5.67. The number of anilines is 1. The zero-order valence-electron chi connectivity index (χ0n) is 11.6. The van der Waals surface area contributed by atoms with Crippen molar-refractivity contribution in [2.24, 2.45) is 0 Å². The molecule has 19 heavy (non-hydrogen) atoms. The third-order valence-corrected chi connectivity index (χ3v) is 4.54. The van der Waals surface area contributed by atoms with E-state index >= 15 is 0 Å². The molecule has 0 aromatic heterocycles. The first kappa shape index (κ1) is 12.6. The van der Waals surface area contributed by atoms with Gasteiger partial charge in [0.15, 0.2) is 11.5 Å². The van der Waals surface area contributed by atoms with Gasteiger partial charge in [-0.3, -0.25) is 0 Å². The van der Waals surface area contributed by atoms with Gasteiger partial charge in [0.1, 0.15) is 6.10 Å². The zero-order valence-corrected chi connectivity index (χ0v) is 11.6. The summed E-state index contributed by atoms with van der Waals surface area (Å²) >= 11 is 0. The van der Waals surface area contributed by atoms with Gasteiger partial charge in [-0.1, -0.05) is 0 Å². The molecule has 0 amide bonds. The molecule has 1 aromatic rings. The van der Waals surface area contributed by atoms with Crippen LogP contribution in [0, 0.1) is 0 Å². The van der Waals surface area contributed by atoms with Crippen LogP contribution in [0.5, 0.6) is 11.5 Å². The monoisotopic (exact) mass is 262 g/mol. The van der Waals surface area contributed by atoms with E-state index in [4.69, 9.17) is 15.2 Å². The van der Waals surface area contributed by atoms with Crippen LogP contribution in [-0.4, -0.2) is 37.2 Å². The Kier molecular flexibility index (Phi) is 3.27. The number of rotatable bonds is 3. The predicted molar refractivity (Wildman–Crippen MR) is 75.6 cm³/mol. The van der Waals surface area contributed by atoms with Crippen LogP contribution in [0.2, 0.25) is 0 Å². The number of benzene rings is 1. The van der Waals surface area contributed by atoms with Gasteiger partial charge in [0.2, 0.25) is 0 Å². The molecular formula is C15H22N2O2. The van der Waals surface area contributed by atoms with Crippen LogP contribution in [0.3, 0.4) is 0 Å². The van der Waals surface area contributed by atoms with Crippen molar-refractivity contribution in [2.45, 2.75) is 43.9 Å².